The largest absolute Gasteiger partial charge is 0.481 e. The van der Waals surface area contributed by atoms with Gasteiger partial charge in [-0.15, -0.1) is 0 Å². The lowest BCUT2D eigenvalue weighted by Gasteiger charge is -2.27. The average molecular weight is 349 g/mol. The minimum atomic E-state index is -1.03. The van der Waals surface area contributed by atoms with Crippen LogP contribution in [0.1, 0.15) is 41.9 Å². The van der Waals surface area contributed by atoms with Gasteiger partial charge in [0.2, 0.25) is 0 Å². The summed E-state index contributed by atoms with van der Waals surface area (Å²) in [5.74, 6) is -1.07. The summed E-state index contributed by atoms with van der Waals surface area (Å²) in [6.45, 7) is 1.67. The van der Waals surface area contributed by atoms with Gasteiger partial charge in [0.15, 0.2) is 0 Å². The molecule has 2 atom stereocenters. The van der Waals surface area contributed by atoms with Gasteiger partial charge in [-0.25, -0.2) is 4.39 Å². The van der Waals surface area contributed by atoms with E-state index in [0.717, 1.165) is 22.9 Å². The van der Waals surface area contributed by atoms with Gasteiger partial charge in [0.05, 0.1) is 10.9 Å². The van der Waals surface area contributed by atoms with Crippen LogP contribution in [0.5, 0.6) is 0 Å². The molecule has 1 aliphatic carbocycles. The van der Waals surface area contributed by atoms with Gasteiger partial charge in [0.1, 0.15) is 5.82 Å². The third-order valence-corrected chi connectivity index (χ3v) is 5.81. The predicted molar refractivity (Wildman–Crippen MR) is 98.8 cm³/mol. The number of nitrogens with zero attached hydrogens (tertiary/aromatic N) is 1. The molecular weight excluding hydrogens is 329 g/mol. The zero-order chi connectivity index (χ0) is 18.3. The van der Waals surface area contributed by atoms with Gasteiger partial charge < -0.3 is 5.11 Å². The van der Waals surface area contributed by atoms with Crippen LogP contribution in [-0.4, -0.2) is 16.1 Å². The Bertz CT molecular complexity index is 1000. The number of hydrogen-bond donors (Lipinski definition) is 1. The molecule has 1 N–H and O–H groups in total. The summed E-state index contributed by atoms with van der Waals surface area (Å²) in [5, 5.41) is 11.1. The number of rotatable bonds is 3. The zero-order valence-corrected chi connectivity index (χ0v) is 14.6. The van der Waals surface area contributed by atoms with E-state index in [0.29, 0.717) is 24.0 Å². The molecule has 0 spiro atoms. The Labute approximate surface area is 151 Å². The smallest absolute Gasteiger partial charge is 0.314 e. The van der Waals surface area contributed by atoms with Gasteiger partial charge in [0.25, 0.3) is 0 Å². The van der Waals surface area contributed by atoms with Crippen LogP contribution in [0.3, 0.4) is 0 Å². The normalized spacial score (nSPS) is 22.6. The van der Waals surface area contributed by atoms with Gasteiger partial charge in [0, 0.05) is 11.6 Å². The summed E-state index contributed by atoms with van der Waals surface area (Å²) in [4.78, 5) is 16.6. The van der Waals surface area contributed by atoms with Crippen molar-refractivity contribution in [3.63, 3.8) is 0 Å². The van der Waals surface area contributed by atoms with Gasteiger partial charge in [-0.3, -0.25) is 9.78 Å². The summed E-state index contributed by atoms with van der Waals surface area (Å²) < 4.78 is 14.1. The maximum Gasteiger partial charge on any atom is 0.314 e. The lowest BCUT2D eigenvalue weighted by Crippen LogP contribution is -2.34. The Morgan fingerprint density at radius 2 is 2.08 bits per heavy atom. The first kappa shape index (κ1) is 16.7. The second-order valence-electron chi connectivity index (χ2n) is 7.19. The molecule has 1 saturated carbocycles. The van der Waals surface area contributed by atoms with Crippen molar-refractivity contribution in [1.82, 2.24) is 4.98 Å². The molecule has 0 aliphatic heterocycles. The Balaban J connectivity index is 1.74. The number of hydrogen-bond acceptors (Lipinski definition) is 2. The molecule has 3 aromatic rings. The maximum atomic E-state index is 14.1. The van der Waals surface area contributed by atoms with Gasteiger partial charge in [-0.05, 0) is 73.1 Å². The number of aromatic nitrogens is 1. The van der Waals surface area contributed by atoms with E-state index in [1.165, 1.54) is 6.07 Å². The molecule has 1 aliphatic rings. The molecule has 0 amide bonds. The number of carboxylic acids is 1. The molecule has 1 fully saturated rings. The van der Waals surface area contributed by atoms with Gasteiger partial charge in [-0.2, -0.15) is 0 Å². The number of carbonyl (C=O) groups is 1. The summed E-state index contributed by atoms with van der Waals surface area (Å²) in [5.41, 5.74) is 2.08. The number of halogens is 1. The van der Waals surface area contributed by atoms with Crippen LogP contribution in [0.25, 0.3) is 10.9 Å². The molecule has 132 valence electrons. The van der Waals surface area contributed by atoms with E-state index in [9.17, 15) is 14.3 Å². The predicted octanol–water partition coefficient (Wildman–Crippen LogP) is 4.97. The highest BCUT2D eigenvalue weighted by molar-refractivity contribution is 5.83. The van der Waals surface area contributed by atoms with E-state index in [1.54, 1.807) is 25.3 Å². The minimum absolute atomic E-state index is 0.137. The van der Waals surface area contributed by atoms with Crippen molar-refractivity contribution < 1.29 is 14.3 Å². The first-order valence-electron chi connectivity index (χ1n) is 8.85. The second kappa shape index (κ2) is 6.20. The monoisotopic (exact) mass is 349 g/mol. The Morgan fingerprint density at radius 3 is 2.88 bits per heavy atom. The van der Waals surface area contributed by atoms with Crippen molar-refractivity contribution in [1.29, 1.82) is 0 Å². The Kier molecular flexibility index (Phi) is 3.98. The molecule has 1 heterocycles. The fourth-order valence-corrected chi connectivity index (χ4v) is 4.36. The molecule has 4 heteroatoms. The van der Waals surface area contributed by atoms with E-state index in [-0.39, 0.29) is 11.7 Å². The zero-order valence-electron chi connectivity index (χ0n) is 14.6. The van der Waals surface area contributed by atoms with E-state index in [4.69, 9.17) is 0 Å². The lowest BCUT2D eigenvalue weighted by molar-refractivity contribution is -0.143. The molecular formula is C22H20FNO2. The van der Waals surface area contributed by atoms with Crippen LogP contribution in [0.2, 0.25) is 0 Å². The summed E-state index contributed by atoms with van der Waals surface area (Å²) in [6.07, 6.45) is 3.54. The van der Waals surface area contributed by atoms with Crippen molar-refractivity contribution in [3.8, 4) is 0 Å². The van der Waals surface area contributed by atoms with Crippen LogP contribution in [0, 0.1) is 12.7 Å². The molecule has 1 aromatic heterocycles. The molecule has 4 rings (SSSR count). The molecule has 0 unspecified atom stereocenters. The topological polar surface area (TPSA) is 50.2 Å². The Hall–Kier alpha value is -2.75. The summed E-state index contributed by atoms with van der Waals surface area (Å²) in [7, 11) is 0. The molecule has 2 aromatic carbocycles. The highest BCUT2D eigenvalue weighted by Gasteiger charge is 2.48. The standard InChI is InChI=1S/C22H20FNO2/c1-14-18(5-2-6-19(14)23)22(21(25)26)10-9-17(13-22)15-7-8-20-16(12-15)4-3-11-24-20/h2-8,11-12,17H,9-10,13H2,1H3,(H,25,26)/t17-,22+/m0/s1. The average Bonchev–Trinajstić information content (AvgIpc) is 3.10. The molecule has 3 nitrogen and oxygen atoms in total. The first-order valence-corrected chi connectivity index (χ1v) is 8.85. The van der Waals surface area contributed by atoms with Crippen LogP contribution >= 0.6 is 0 Å². The Morgan fingerprint density at radius 1 is 1.23 bits per heavy atom. The van der Waals surface area contributed by atoms with Crippen molar-refractivity contribution in [2.75, 3.05) is 0 Å². The quantitative estimate of drug-likeness (QED) is 0.726. The third kappa shape index (κ3) is 2.57. The highest BCUT2D eigenvalue weighted by atomic mass is 19.1. The fourth-order valence-electron chi connectivity index (χ4n) is 4.36. The minimum Gasteiger partial charge on any atom is -0.481 e. The van der Waals surface area contributed by atoms with Crippen LogP contribution < -0.4 is 0 Å². The SMILES string of the molecule is Cc1c(F)cccc1[C@@]1(C(=O)O)CC[C@H](c2ccc3ncccc3c2)C1. The van der Waals surface area contributed by atoms with E-state index in [2.05, 4.69) is 11.1 Å². The summed E-state index contributed by atoms with van der Waals surface area (Å²) >= 11 is 0. The lowest BCUT2D eigenvalue weighted by atomic mass is 9.75. The number of fused-ring (bicyclic) bond motifs is 1. The van der Waals surface area contributed by atoms with Crippen molar-refractivity contribution in [2.24, 2.45) is 0 Å². The second-order valence-corrected chi connectivity index (χ2v) is 7.19. The molecule has 0 radical (unpaired) electrons. The third-order valence-electron chi connectivity index (χ3n) is 5.81. The maximum absolute atomic E-state index is 14.1. The van der Waals surface area contributed by atoms with Crippen LogP contribution in [0.15, 0.2) is 54.7 Å². The van der Waals surface area contributed by atoms with Crippen LogP contribution in [-0.2, 0) is 10.2 Å². The molecule has 26 heavy (non-hydrogen) atoms. The van der Waals surface area contributed by atoms with E-state index in [1.807, 2.05) is 24.3 Å². The van der Waals surface area contributed by atoms with E-state index >= 15 is 0 Å². The summed E-state index contributed by atoms with van der Waals surface area (Å²) in [6, 6.07) is 14.8. The molecule has 0 bridgehead atoms. The van der Waals surface area contributed by atoms with E-state index < -0.39 is 11.4 Å². The number of aliphatic carboxylic acids is 1. The number of benzene rings is 2. The van der Waals surface area contributed by atoms with Crippen molar-refractivity contribution in [2.45, 2.75) is 37.5 Å². The first-order chi connectivity index (χ1) is 12.5. The number of pyridine rings is 1. The van der Waals surface area contributed by atoms with Crippen LogP contribution in [0.4, 0.5) is 4.39 Å². The van der Waals surface area contributed by atoms with Crippen molar-refractivity contribution in [3.05, 3.63) is 77.2 Å². The number of carboxylic acid groups (broad SMARTS) is 1. The highest BCUT2D eigenvalue weighted by Crippen LogP contribution is 2.49. The van der Waals surface area contributed by atoms with Gasteiger partial charge >= 0.3 is 5.97 Å². The molecule has 0 saturated heterocycles. The fraction of sp³-hybridized carbons (Fsp3) is 0.273. The van der Waals surface area contributed by atoms with Gasteiger partial charge in [-0.1, -0.05) is 24.3 Å². The van der Waals surface area contributed by atoms with Crippen molar-refractivity contribution >= 4 is 16.9 Å².